The van der Waals surface area contributed by atoms with Crippen LogP contribution in [0, 0.1) is 12.8 Å². The summed E-state index contributed by atoms with van der Waals surface area (Å²) in [5, 5.41) is 3.40. The molecule has 2 saturated heterocycles. The number of amides is 1. The van der Waals surface area contributed by atoms with E-state index in [-0.39, 0.29) is 12.4 Å². The Morgan fingerprint density at radius 2 is 2.04 bits per heavy atom. The Kier molecular flexibility index (Phi) is 6.91. The summed E-state index contributed by atoms with van der Waals surface area (Å²) in [6.07, 6.45) is 6.51. The first-order valence-corrected chi connectivity index (χ1v) is 8.81. The predicted molar refractivity (Wildman–Crippen MR) is 96.9 cm³/mol. The van der Waals surface area contributed by atoms with Crippen LogP contribution in [0.25, 0.3) is 0 Å². The molecule has 3 rings (SSSR count). The van der Waals surface area contributed by atoms with Crippen LogP contribution >= 0.6 is 12.4 Å². The van der Waals surface area contributed by atoms with Crippen LogP contribution in [-0.2, 0) is 4.79 Å². The molecule has 1 aromatic carbocycles. The molecule has 0 aromatic heterocycles. The van der Waals surface area contributed by atoms with Crippen molar-refractivity contribution in [3.63, 3.8) is 0 Å². The number of benzene rings is 1. The van der Waals surface area contributed by atoms with E-state index in [0.29, 0.717) is 11.9 Å². The lowest BCUT2D eigenvalue weighted by atomic mass is 9.93. The molecule has 1 unspecified atom stereocenters. The molecule has 1 amide bonds. The smallest absolute Gasteiger partial charge is 0.223 e. The van der Waals surface area contributed by atoms with E-state index in [2.05, 4.69) is 41.4 Å². The third-order valence-corrected chi connectivity index (χ3v) is 5.23. The van der Waals surface area contributed by atoms with Gasteiger partial charge in [-0.25, -0.2) is 0 Å². The number of halogens is 1. The van der Waals surface area contributed by atoms with Gasteiger partial charge in [-0.2, -0.15) is 0 Å². The fraction of sp³-hybridized carbons (Fsp3) is 0.632. The number of hydrogen-bond donors (Lipinski definition) is 1. The third kappa shape index (κ3) is 4.71. The maximum absolute atomic E-state index is 12.7. The van der Waals surface area contributed by atoms with Gasteiger partial charge in [0.05, 0.1) is 6.04 Å². The molecule has 0 aliphatic carbocycles. The average Bonchev–Trinajstić information content (AvgIpc) is 3.03. The second-order valence-corrected chi connectivity index (χ2v) is 6.89. The van der Waals surface area contributed by atoms with Crippen molar-refractivity contribution in [2.75, 3.05) is 19.6 Å². The molecule has 0 saturated carbocycles. The van der Waals surface area contributed by atoms with Gasteiger partial charge in [-0.05, 0) is 63.6 Å². The number of nitrogens with one attached hydrogen (secondary N) is 1. The summed E-state index contributed by atoms with van der Waals surface area (Å²) in [5.74, 6) is 1.10. The van der Waals surface area contributed by atoms with Gasteiger partial charge in [-0.3, -0.25) is 4.79 Å². The van der Waals surface area contributed by atoms with Gasteiger partial charge in [-0.15, -0.1) is 12.4 Å². The molecule has 1 aromatic rings. The van der Waals surface area contributed by atoms with Crippen LogP contribution in [0.4, 0.5) is 0 Å². The van der Waals surface area contributed by atoms with Crippen LogP contribution in [0.2, 0.25) is 0 Å². The van der Waals surface area contributed by atoms with Crippen molar-refractivity contribution < 1.29 is 4.79 Å². The number of piperidine rings is 1. The molecule has 2 heterocycles. The standard InChI is InChI=1S/C19H28N2O.ClH/c1-15-4-2-5-17(14-15)18-6-3-13-21(18)19(22)8-7-16-9-11-20-12-10-16;/h2,4-5,14,16,18,20H,3,6-13H2,1H3;1H. The summed E-state index contributed by atoms with van der Waals surface area (Å²) < 4.78 is 0. The average molecular weight is 337 g/mol. The van der Waals surface area contributed by atoms with E-state index in [1.807, 2.05) is 0 Å². The Morgan fingerprint density at radius 3 is 2.78 bits per heavy atom. The quantitative estimate of drug-likeness (QED) is 0.905. The van der Waals surface area contributed by atoms with E-state index in [0.717, 1.165) is 51.2 Å². The zero-order chi connectivity index (χ0) is 15.4. The largest absolute Gasteiger partial charge is 0.336 e. The minimum atomic E-state index is 0. The van der Waals surface area contributed by atoms with Crippen molar-refractivity contribution in [3.8, 4) is 0 Å². The van der Waals surface area contributed by atoms with Gasteiger partial charge in [0.1, 0.15) is 0 Å². The van der Waals surface area contributed by atoms with Gasteiger partial charge in [0.2, 0.25) is 5.91 Å². The molecule has 3 nitrogen and oxygen atoms in total. The minimum Gasteiger partial charge on any atom is -0.336 e. The molecule has 1 atom stereocenters. The summed E-state index contributed by atoms with van der Waals surface area (Å²) in [5.41, 5.74) is 2.60. The van der Waals surface area contributed by atoms with Crippen LogP contribution in [-0.4, -0.2) is 30.4 Å². The van der Waals surface area contributed by atoms with Gasteiger partial charge >= 0.3 is 0 Å². The molecule has 0 spiro atoms. The number of likely N-dealkylation sites (tertiary alicyclic amines) is 1. The molecule has 0 radical (unpaired) electrons. The molecule has 128 valence electrons. The number of rotatable bonds is 4. The Labute approximate surface area is 146 Å². The van der Waals surface area contributed by atoms with E-state index in [1.54, 1.807) is 0 Å². The summed E-state index contributed by atoms with van der Waals surface area (Å²) >= 11 is 0. The number of aryl methyl sites for hydroxylation is 1. The first kappa shape index (κ1) is 18.3. The summed E-state index contributed by atoms with van der Waals surface area (Å²) in [4.78, 5) is 14.8. The Balaban J connectivity index is 0.00000192. The van der Waals surface area contributed by atoms with Crippen LogP contribution in [0.1, 0.15) is 55.7 Å². The van der Waals surface area contributed by atoms with E-state index in [1.165, 1.54) is 24.0 Å². The highest BCUT2D eigenvalue weighted by Gasteiger charge is 2.30. The first-order chi connectivity index (χ1) is 10.7. The highest BCUT2D eigenvalue weighted by atomic mass is 35.5. The van der Waals surface area contributed by atoms with Crippen LogP contribution < -0.4 is 5.32 Å². The summed E-state index contributed by atoms with van der Waals surface area (Å²) in [6, 6.07) is 8.96. The number of hydrogen-bond acceptors (Lipinski definition) is 2. The Hall–Kier alpha value is -1.06. The molecule has 23 heavy (non-hydrogen) atoms. The normalized spacial score (nSPS) is 22.0. The van der Waals surface area contributed by atoms with Crippen molar-refractivity contribution in [1.82, 2.24) is 10.2 Å². The van der Waals surface area contributed by atoms with Crippen LogP contribution in [0.15, 0.2) is 24.3 Å². The molecule has 2 aliphatic heterocycles. The minimum absolute atomic E-state index is 0. The highest BCUT2D eigenvalue weighted by molar-refractivity contribution is 5.85. The molecule has 0 bridgehead atoms. The van der Waals surface area contributed by atoms with Crippen LogP contribution in [0.5, 0.6) is 0 Å². The fourth-order valence-electron chi connectivity index (χ4n) is 3.93. The van der Waals surface area contributed by atoms with Gasteiger partial charge in [-0.1, -0.05) is 29.8 Å². The van der Waals surface area contributed by atoms with Gasteiger partial charge in [0.15, 0.2) is 0 Å². The van der Waals surface area contributed by atoms with Crippen molar-refractivity contribution in [2.24, 2.45) is 5.92 Å². The first-order valence-electron chi connectivity index (χ1n) is 8.81. The zero-order valence-electron chi connectivity index (χ0n) is 14.1. The molecule has 1 N–H and O–H groups in total. The maximum Gasteiger partial charge on any atom is 0.223 e. The van der Waals surface area contributed by atoms with Crippen molar-refractivity contribution in [2.45, 2.75) is 51.5 Å². The monoisotopic (exact) mass is 336 g/mol. The van der Waals surface area contributed by atoms with Crippen molar-refractivity contribution in [1.29, 1.82) is 0 Å². The maximum atomic E-state index is 12.7. The lowest BCUT2D eigenvalue weighted by Gasteiger charge is -2.27. The zero-order valence-corrected chi connectivity index (χ0v) is 14.9. The fourth-order valence-corrected chi connectivity index (χ4v) is 3.93. The lowest BCUT2D eigenvalue weighted by molar-refractivity contribution is -0.132. The van der Waals surface area contributed by atoms with Gasteiger partial charge < -0.3 is 10.2 Å². The second-order valence-electron chi connectivity index (χ2n) is 6.89. The SMILES string of the molecule is Cc1cccc(C2CCCN2C(=O)CCC2CCNCC2)c1.Cl. The molecule has 2 fully saturated rings. The van der Waals surface area contributed by atoms with E-state index < -0.39 is 0 Å². The van der Waals surface area contributed by atoms with Crippen molar-refractivity contribution in [3.05, 3.63) is 35.4 Å². The third-order valence-electron chi connectivity index (χ3n) is 5.23. The lowest BCUT2D eigenvalue weighted by Crippen LogP contribution is -2.32. The number of carbonyl (C=O) groups excluding carboxylic acids is 1. The Bertz CT molecular complexity index is 514. The topological polar surface area (TPSA) is 32.3 Å². The second kappa shape index (κ2) is 8.70. The highest BCUT2D eigenvalue weighted by Crippen LogP contribution is 2.33. The molecule has 4 heteroatoms. The number of nitrogens with zero attached hydrogens (tertiary/aromatic N) is 1. The molecular weight excluding hydrogens is 308 g/mol. The summed E-state index contributed by atoms with van der Waals surface area (Å²) in [6.45, 7) is 5.30. The van der Waals surface area contributed by atoms with Crippen LogP contribution in [0.3, 0.4) is 0 Å². The Morgan fingerprint density at radius 1 is 1.26 bits per heavy atom. The van der Waals surface area contributed by atoms with E-state index in [4.69, 9.17) is 0 Å². The van der Waals surface area contributed by atoms with Gasteiger partial charge in [0.25, 0.3) is 0 Å². The summed E-state index contributed by atoms with van der Waals surface area (Å²) in [7, 11) is 0. The van der Waals surface area contributed by atoms with E-state index >= 15 is 0 Å². The molecular formula is C19H29ClN2O. The molecule has 2 aliphatic rings. The predicted octanol–water partition coefficient (Wildman–Crippen LogP) is 3.86. The van der Waals surface area contributed by atoms with Gasteiger partial charge in [0, 0.05) is 13.0 Å². The number of carbonyl (C=O) groups is 1. The van der Waals surface area contributed by atoms with Crippen molar-refractivity contribution >= 4 is 18.3 Å². The van der Waals surface area contributed by atoms with E-state index in [9.17, 15) is 4.79 Å².